The lowest BCUT2D eigenvalue weighted by atomic mass is 9.97. The zero-order valence-electron chi connectivity index (χ0n) is 11.7. The summed E-state index contributed by atoms with van der Waals surface area (Å²) in [5, 5.41) is 11.6. The Balaban J connectivity index is 2.53. The van der Waals surface area contributed by atoms with Gasteiger partial charge in [-0.25, -0.2) is 4.79 Å². The highest BCUT2D eigenvalue weighted by Gasteiger charge is 2.20. The van der Waals surface area contributed by atoms with Crippen molar-refractivity contribution in [3.63, 3.8) is 0 Å². The maximum absolute atomic E-state index is 11.9. The van der Waals surface area contributed by atoms with Crippen LogP contribution in [0.4, 0.5) is 0 Å². The predicted octanol–water partition coefficient (Wildman–Crippen LogP) is 2.72. The number of carbonyl (C=O) groups excluding carboxylic acids is 1. The molecule has 2 N–H and O–H groups in total. The molecule has 4 heteroatoms. The molecule has 0 fully saturated rings. The minimum absolute atomic E-state index is 0.0602. The number of amides is 1. The highest BCUT2D eigenvalue weighted by atomic mass is 16.4. The summed E-state index contributed by atoms with van der Waals surface area (Å²) < 4.78 is 0. The molecule has 1 amide bonds. The van der Waals surface area contributed by atoms with Crippen LogP contribution in [0.5, 0.6) is 0 Å². The van der Waals surface area contributed by atoms with Crippen LogP contribution < -0.4 is 5.32 Å². The molecule has 0 radical (unpaired) electrons. The van der Waals surface area contributed by atoms with E-state index in [1.807, 2.05) is 37.3 Å². The molecule has 1 rings (SSSR count). The van der Waals surface area contributed by atoms with Gasteiger partial charge in [0.2, 0.25) is 5.91 Å². The van der Waals surface area contributed by atoms with E-state index >= 15 is 0 Å². The standard InChI is InChI=1S/C16H21NO3/c1-3-4-10-14(16(19)20)17-15(18)11-12(2)13-8-6-5-7-9-13/h3,5-9,12,14H,1,4,10-11H2,2H3,(H,17,18)(H,19,20). The van der Waals surface area contributed by atoms with Gasteiger partial charge < -0.3 is 10.4 Å². The first-order valence-corrected chi connectivity index (χ1v) is 6.72. The van der Waals surface area contributed by atoms with Crippen molar-refractivity contribution >= 4 is 11.9 Å². The molecule has 0 bridgehead atoms. The highest BCUT2D eigenvalue weighted by Crippen LogP contribution is 2.18. The molecule has 20 heavy (non-hydrogen) atoms. The van der Waals surface area contributed by atoms with E-state index < -0.39 is 12.0 Å². The number of hydrogen-bond acceptors (Lipinski definition) is 2. The monoisotopic (exact) mass is 275 g/mol. The Bertz CT molecular complexity index is 456. The summed E-state index contributed by atoms with van der Waals surface area (Å²) in [4.78, 5) is 23.0. The van der Waals surface area contributed by atoms with Gasteiger partial charge in [0.1, 0.15) is 6.04 Å². The second-order valence-corrected chi connectivity index (χ2v) is 4.84. The molecule has 0 saturated carbocycles. The molecule has 0 aromatic heterocycles. The first-order chi connectivity index (χ1) is 9.54. The first-order valence-electron chi connectivity index (χ1n) is 6.72. The second-order valence-electron chi connectivity index (χ2n) is 4.84. The number of carbonyl (C=O) groups is 2. The Kier molecular flexibility index (Phi) is 6.50. The fourth-order valence-corrected chi connectivity index (χ4v) is 1.97. The minimum atomic E-state index is -1.01. The summed E-state index contributed by atoms with van der Waals surface area (Å²) in [6.45, 7) is 5.51. The number of nitrogens with one attached hydrogen (secondary N) is 1. The summed E-state index contributed by atoms with van der Waals surface area (Å²) in [6, 6.07) is 8.85. The maximum Gasteiger partial charge on any atom is 0.326 e. The molecule has 1 aromatic rings. The largest absolute Gasteiger partial charge is 0.480 e. The number of rotatable bonds is 8. The van der Waals surface area contributed by atoms with E-state index in [-0.39, 0.29) is 18.2 Å². The zero-order chi connectivity index (χ0) is 15.0. The van der Waals surface area contributed by atoms with Crippen LogP contribution in [0, 0.1) is 0 Å². The van der Waals surface area contributed by atoms with Gasteiger partial charge in [0.05, 0.1) is 0 Å². The lowest BCUT2D eigenvalue weighted by molar-refractivity contribution is -0.142. The van der Waals surface area contributed by atoms with Gasteiger partial charge in [0, 0.05) is 6.42 Å². The van der Waals surface area contributed by atoms with Gasteiger partial charge in [0.25, 0.3) is 0 Å². The lowest BCUT2D eigenvalue weighted by Crippen LogP contribution is -2.41. The average molecular weight is 275 g/mol. The summed E-state index contributed by atoms with van der Waals surface area (Å²) >= 11 is 0. The Hall–Kier alpha value is -2.10. The van der Waals surface area contributed by atoms with Gasteiger partial charge in [-0.2, -0.15) is 0 Å². The molecule has 2 atom stereocenters. The van der Waals surface area contributed by atoms with Crippen LogP contribution in [0.3, 0.4) is 0 Å². The fraction of sp³-hybridized carbons (Fsp3) is 0.375. The quantitative estimate of drug-likeness (QED) is 0.717. The Labute approximate surface area is 119 Å². The van der Waals surface area contributed by atoms with Crippen molar-refractivity contribution in [1.82, 2.24) is 5.32 Å². The summed E-state index contributed by atoms with van der Waals surface area (Å²) in [5.41, 5.74) is 1.07. The van der Waals surface area contributed by atoms with Crippen LogP contribution >= 0.6 is 0 Å². The molecule has 0 aliphatic heterocycles. The molecule has 0 aliphatic rings. The van der Waals surface area contributed by atoms with Gasteiger partial charge >= 0.3 is 5.97 Å². The zero-order valence-corrected chi connectivity index (χ0v) is 11.7. The minimum Gasteiger partial charge on any atom is -0.480 e. The van der Waals surface area contributed by atoms with Crippen molar-refractivity contribution < 1.29 is 14.7 Å². The molecule has 1 aromatic carbocycles. The van der Waals surface area contributed by atoms with Gasteiger partial charge in [-0.3, -0.25) is 4.79 Å². The molecule has 108 valence electrons. The summed E-state index contributed by atoms with van der Waals surface area (Å²) in [5.74, 6) is -1.18. The Morgan fingerprint density at radius 2 is 2.00 bits per heavy atom. The van der Waals surface area contributed by atoms with Crippen LogP contribution in [-0.2, 0) is 9.59 Å². The Morgan fingerprint density at radius 3 is 2.55 bits per heavy atom. The first kappa shape index (κ1) is 16.0. The Morgan fingerprint density at radius 1 is 1.35 bits per heavy atom. The highest BCUT2D eigenvalue weighted by molar-refractivity contribution is 5.83. The molecule has 4 nitrogen and oxygen atoms in total. The molecule has 0 aliphatic carbocycles. The molecule has 2 unspecified atom stereocenters. The predicted molar refractivity (Wildman–Crippen MR) is 78.5 cm³/mol. The SMILES string of the molecule is C=CCCC(NC(=O)CC(C)c1ccccc1)C(=O)O. The number of allylic oxidation sites excluding steroid dienone is 1. The normalized spacial score (nSPS) is 13.2. The van der Waals surface area contributed by atoms with Crippen molar-refractivity contribution in [2.45, 2.75) is 38.1 Å². The van der Waals surface area contributed by atoms with E-state index in [0.29, 0.717) is 12.8 Å². The van der Waals surface area contributed by atoms with Crippen molar-refractivity contribution in [2.75, 3.05) is 0 Å². The van der Waals surface area contributed by atoms with Crippen LogP contribution in [0.2, 0.25) is 0 Å². The molecular weight excluding hydrogens is 254 g/mol. The molecule has 0 saturated heterocycles. The van der Waals surface area contributed by atoms with E-state index in [4.69, 9.17) is 5.11 Å². The summed E-state index contributed by atoms with van der Waals surface area (Å²) in [7, 11) is 0. The average Bonchev–Trinajstić information content (AvgIpc) is 2.44. The van der Waals surface area contributed by atoms with E-state index in [1.165, 1.54) is 0 Å². The van der Waals surface area contributed by atoms with Gasteiger partial charge in [0.15, 0.2) is 0 Å². The number of benzene rings is 1. The van der Waals surface area contributed by atoms with Crippen LogP contribution in [-0.4, -0.2) is 23.0 Å². The van der Waals surface area contributed by atoms with E-state index in [0.717, 1.165) is 5.56 Å². The van der Waals surface area contributed by atoms with E-state index in [9.17, 15) is 9.59 Å². The summed E-state index contributed by atoms with van der Waals surface area (Å²) in [6.07, 6.45) is 2.85. The van der Waals surface area contributed by atoms with E-state index in [2.05, 4.69) is 11.9 Å². The van der Waals surface area contributed by atoms with Crippen molar-refractivity contribution in [2.24, 2.45) is 0 Å². The van der Waals surface area contributed by atoms with Gasteiger partial charge in [-0.15, -0.1) is 6.58 Å². The van der Waals surface area contributed by atoms with E-state index in [1.54, 1.807) is 6.08 Å². The number of carboxylic acids is 1. The van der Waals surface area contributed by atoms with Gasteiger partial charge in [-0.05, 0) is 24.3 Å². The van der Waals surface area contributed by atoms with Crippen molar-refractivity contribution in [3.05, 3.63) is 48.6 Å². The number of hydrogen-bond donors (Lipinski definition) is 2. The van der Waals surface area contributed by atoms with Gasteiger partial charge in [-0.1, -0.05) is 43.3 Å². The number of carboxylic acid groups (broad SMARTS) is 1. The molecule has 0 heterocycles. The topological polar surface area (TPSA) is 66.4 Å². The van der Waals surface area contributed by atoms with Crippen molar-refractivity contribution in [3.8, 4) is 0 Å². The number of aliphatic carboxylic acids is 1. The maximum atomic E-state index is 11.9. The van der Waals surface area contributed by atoms with Crippen LogP contribution in [0.25, 0.3) is 0 Å². The smallest absolute Gasteiger partial charge is 0.326 e. The third-order valence-electron chi connectivity index (χ3n) is 3.15. The lowest BCUT2D eigenvalue weighted by Gasteiger charge is -2.16. The second kappa shape index (κ2) is 8.15. The van der Waals surface area contributed by atoms with Crippen LogP contribution in [0.1, 0.15) is 37.7 Å². The molecule has 0 spiro atoms. The van der Waals surface area contributed by atoms with Crippen molar-refractivity contribution in [1.29, 1.82) is 0 Å². The third kappa shape index (κ3) is 5.26. The third-order valence-corrected chi connectivity index (χ3v) is 3.15. The molecular formula is C16H21NO3. The fourth-order valence-electron chi connectivity index (χ4n) is 1.97. The van der Waals surface area contributed by atoms with Crippen LogP contribution in [0.15, 0.2) is 43.0 Å².